The van der Waals surface area contributed by atoms with Crippen LogP contribution in [0.1, 0.15) is 16.8 Å². The van der Waals surface area contributed by atoms with Crippen molar-refractivity contribution < 1.29 is 4.74 Å². The maximum atomic E-state index is 12.3. The Labute approximate surface area is 167 Å². The number of benzene rings is 1. The van der Waals surface area contributed by atoms with Crippen LogP contribution in [0.5, 0.6) is 5.88 Å². The van der Waals surface area contributed by atoms with E-state index < -0.39 is 0 Å². The van der Waals surface area contributed by atoms with Crippen molar-refractivity contribution in [2.75, 3.05) is 0 Å². The predicted octanol–water partition coefficient (Wildman–Crippen LogP) is 2.62. The number of nitrogens with zero attached hydrogens (tertiary/aromatic N) is 6. The molecule has 1 aromatic carbocycles. The predicted molar refractivity (Wildman–Crippen MR) is 108 cm³/mol. The van der Waals surface area contributed by atoms with Gasteiger partial charge in [0.1, 0.15) is 6.61 Å². The van der Waals surface area contributed by atoms with Crippen LogP contribution in [0.2, 0.25) is 0 Å². The van der Waals surface area contributed by atoms with Crippen LogP contribution in [0.15, 0.2) is 59.5 Å². The normalized spacial score (nSPS) is 10.9. The lowest BCUT2D eigenvalue weighted by Crippen LogP contribution is -2.23. The van der Waals surface area contributed by atoms with Gasteiger partial charge in [0.05, 0.1) is 17.1 Å². The summed E-state index contributed by atoms with van der Waals surface area (Å²) in [6, 6.07) is 15.2. The Morgan fingerprint density at radius 1 is 1.00 bits per heavy atom. The van der Waals surface area contributed by atoms with Gasteiger partial charge in [-0.1, -0.05) is 18.2 Å². The number of rotatable bonds is 5. The van der Waals surface area contributed by atoms with E-state index in [4.69, 9.17) is 4.74 Å². The lowest BCUT2D eigenvalue weighted by molar-refractivity contribution is 0.292. The van der Waals surface area contributed by atoms with Crippen LogP contribution in [0.3, 0.4) is 0 Å². The molecule has 3 aromatic heterocycles. The van der Waals surface area contributed by atoms with Crippen molar-refractivity contribution in [3.63, 3.8) is 0 Å². The second-order valence-corrected chi connectivity index (χ2v) is 6.66. The molecule has 0 aliphatic rings. The Kier molecular flexibility index (Phi) is 4.90. The van der Waals surface area contributed by atoms with Crippen molar-refractivity contribution in [3.8, 4) is 22.8 Å². The molecule has 3 heterocycles. The summed E-state index contributed by atoms with van der Waals surface area (Å²) in [6.07, 6.45) is 1.76. The molecule has 0 aliphatic carbocycles. The van der Waals surface area contributed by atoms with E-state index in [-0.39, 0.29) is 12.3 Å². The van der Waals surface area contributed by atoms with E-state index >= 15 is 0 Å². The third-order valence-electron chi connectivity index (χ3n) is 4.70. The lowest BCUT2D eigenvalue weighted by atomic mass is 10.1. The minimum absolute atomic E-state index is 0.250. The fourth-order valence-corrected chi connectivity index (χ4v) is 3.10. The molecular formula is C21H20N6O2. The average molecular weight is 388 g/mol. The zero-order chi connectivity index (χ0) is 20.4. The van der Waals surface area contributed by atoms with E-state index in [1.165, 1.54) is 9.36 Å². The first-order chi connectivity index (χ1) is 14.0. The third-order valence-corrected chi connectivity index (χ3v) is 4.70. The molecule has 8 nitrogen and oxygen atoms in total. The van der Waals surface area contributed by atoms with Crippen LogP contribution in [-0.2, 0) is 13.7 Å². The molecule has 0 amide bonds. The maximum Gasteiger partial charge on any atom is 0.368 e. The summed E-state index contributed by atoms with van der Waals surface area (Å²) in [5.41, 5.74) is 4.82. The first-order valence-corrected chi connectivity index (χ1v) is 9.14. The van der Waals surface area contributed by atoms with Crippen molar-refractivity contribution in [1.82, 2.24) is 29.8 Å². The van der Waals surface area contributed by atoms with Gasteiger partial charge in [-0.3, -0.25) is 4.98 Å². The number of pyridine rings is 2. The largest absolute Gasteiger partial charge is 0.473 e. The standard InChI is InChI=1S/C21H20N6O2/c1-14-7-6-9-19(27-21(28)26(3)24-25-27)17(14)13-29-20-11-10-16(15(2)23-20)18-8-4-5-12-22-18/h4-12H,13H2,1-3H3. The van der Waals surface area contributed by atoms with E-state index in [0.717, 1.165) is 28.1 Å². The molecule has 0 aliphatic heterocycles. The van der Waals surface area contributed by atoms with Crippen LogP contribution < -0.4 is 10.4 Å². The topological polar surface area (TPSA) is 87.7 Å². The van der Waals surface area contributed by atoms with Crippen molar-refractivity contribution in [2.24, 2.45) is 7.05 Å². The van der Waals surface area contributed by atoms with Gasteiger partial charge in [-0.15, -0.1) is 0 Å². The highest BCUT2D eigenvalue weighted by Gasteiger charge is 2.14. The first kappa shape index (κ1) is 18.5. The molecule has 0 radical (unpaired) electrons. The quantitative estimate of drug-likeness (QED) is 0.522. The minimum atomic E-state index is -0.314. The molecule has 0 fully saturated rings. The highest BCUT2D eigenvalue weighted by Crippen LogP contribution is 2.24. The van der Waals surface area contributed by atoms with Gasteiger partial charge >= 0.3 is 5.69 Å². The van der Waals surface area contributed by atoms with Crippen LogP contribution in [0.4, 0.5) is 0 Å². The van der Waals surface area contributed by atoms with Crippen molar-refractivity contribution in [2.45, 2.75) is 20.5 Å². The number of aromatic nitrogens is 6. The van der Waals surface area contributed by atoms with Crippen LogP contribution >= 0.6 is 0 Å². The third kappa shape index (κ3) is 3.64. The zero-order valence-corrected chi connectivity index (χ0v) is 16.4. The molecule has 146 valence electrons. The van der Waals surface area contributed by atoms with Gasteiger partial charge in [0.2, 0.25) is 5.88 Å². The number of tetrazole rings is 1. The molecule has 0 saturated heterocycles. The van der Waals surface area contributed by atoms with Gasteiger partial charge in [0, 0.05) is 30.4 Å². The lowest BCUT2D eigenvalue weighted by Gasteiger charge is -2.13. The number of hydrogen-bond donors (Lipinski definition) is 0. The molecule has 4 aromatic rings. The van der Waals surface area contributed by atoms with Crippen molar-refractivity contribution in [1.29, 1.82) is 0 Å². The monoisotopic (exact) mass is 388 g/mol. The Morgan fingerprint density at radius 2 is 1.86 bits per heavy atom. The number of ether oxygens (including phenoxy) is 1. The van der Waals surface area contributed by atoms with Gasteiger partial charge in [-0.25, -0.2) is 9.78 Å². The molecule has 0 N–H and O–H groups in total. The Hall–Kier alpha value is -3.81. The van der Waals surface area contributed by atoms with Gasteiger partial charge < -0.3 is 4.74 Å². The van der Waals surface area contributed by atoms with Gasteiger partial charge in [0.15, 0.2) is 0 Å². The minimum Gasteiger partial charge on any atom is -0.473 e. The summed E-state index contributed by atoms with van der Waals surface area (Å²) < 4.78 is 8.41. The summed E-state index contributed by atoms with van der Waals surface area (Å²) in [6.45, 7) is 4.14. The Bertz CT molecular complexity index is 1210. The molecule has 29 heavy (non-hydrogen) atoms. The van der Waals surface area contributed by atoms with E-state index in [2.05, 4.69) is 20.4 Å². The Balaban J connectivity index is 1.61. The first-order valence-electron chi connectivity index (χ1n) is 9.14. The van der Waals surface area contributed by atoms with E-state index in [0.29, 0.717) is 11.6 Å². The molecule has 0 spiro atoms. The fraction of sp³-hybridized carbons (Fsp3) is 0.190. The maximum absolute atomic E-state index is 12.3. The summed E-state index contributed by atoms with van der Waals surface area (Å²) >= 11 is 0. The molecule has 0 unspecified atom stereocenters. The molecule has 4 rings (SSSR count). The van der Waals surface area contributed by atoms with Crippen LogP contribution in [-0.4, -0.2) is 29.8 Å². The second kappa shape index (κ2) is 7.67. The highest BCUT2D eigenvalue weighted by molar-refractivity contribution is 5.61. The Morgan fingerprint density at radius 3 is 2.55 bits per heavy atom. The smallest absolute Gasteiger partial charge is 0.368 e. The zero-order valence-electron chi connectivity index (χ0n) is 16.4. The number of aryl methyl sites for hydroxylation is 3. The second-order valence-electron chi connectivity index (χ2n) is 6.66. The van der Waals surface area contributed by atoms with E-state index in [1.807, 2.05) is 62.4 Å². The highest BCUT2D eigenvalue weighted by atomic mass is 16.5. The van der Waals surface area contributed by atoms with Crippen LogP contribution in [0.25, 0.3) is 16.9 Å². The summed E-state index contributed by atoms with van der Waals surface area (Å²) in [5.74, 6) is 0.503. The van der Waals surface area contributed by atoms with Crippen molar-refractivity contribution in [3.05, 3.63) is 82.0 Å². The average Bonchev–Trinajstić information content (AvgIpc) is 3.06. The van der Waals surface area contributed by atoms with Gasteiger partial charge in [-0.05, 0) is 54.1 Å². The molecule has 0 saturated carbocycles. The number of hydrogen-bond acceptors (Lipinski definition) is 6. The molecular weight excluding hydrogens is 368 g/mol. The summed E-state index contributed by atoms with van der Waals surface area (Å²) in [5, 5.41) is 7.73. The van der Waals surface area contributed by atoms with E-state index in [9.17, 15) is 4.79 Å². The van der Waals surface area contributed by atoms with Crippen molar-refractivity contribution >= 4 is 0 Å². The molecule has 0 bridgehead atoms. The van der Waals surface area contributed by atoms with E-state index in [1.54, 1.807) is 13.2 Å². The summed E-state index contributed by atoms with van der Waals surface area (Å²) in [4.78, 5) is 21.2. The molecule has 8 heteroatoms. The SMILES string of the molecule is Cc1cccc(-n2nnn(C)c2=O)c1COc1ccc(-c2ccccn2)c(C)n1. The van der Waals surface area contributed by atoms with Crippen LogP contribution in [0, 0.1) is 13.8 Å². The van der Waals surface area contributed by atoms with Gasteiger partial charge in [0.25, 0.3) is 0 Å². The fourth-order valence-electron chi connectivity index (χ4n) is 3.10. The van der Waals surface area contributed by atoms with Gasteiger partial charge in [-0.2, -0.15) is 9.36 Å². The summed E-state index contributed by atoms with van der Waals surface area (Å²) in [7, 11) is 1.56. The molecule has 0 atom stereocenters.